The van der Waals surface area contributed by atoms with E-state index < -0.39 is 15.9 Å². The second kappa shape index (κ2) is 9.83. The fraction of sp³-hybridized carbons (Fsp3) is 0.385. The summed E-state index contributed by atoms with van der Waals surface area (Å²) in [7, 11) is -2.41. The van der Waals surface area contributed by atoms with Gasteiger partial charge in [0, 0.05) is 42.0 Å². The summed E-state index contributed by atoms with van der Waals surface area (Å²) in [6.07, 6.45) is 9.01. The monoisotopic (exact) mass is 494 g/mol. The van der Waals surface area contributed by atoms with Crippen LogP contribution in [0.15, 0.2) is 53.6 Å². The van der Waals surface area contributed by atoms with Crippen LogP contribution in [-0.4, -0.2) is 37.0 Å². The quantitative estimate of drug-likeness (QED) is 0.508. The fourth-order valence-electron chi connectivity index (χ4n) is 4.87. The second-order valence-corrected chi connectivity index (χ2v) is 10.9. The van der Waals surface area contributed by atoms with E-state index in [0.29, 0.717) is 5.69 Å². The third-order valence-corrected chi connectivity index (χ3v) is 8.26. The molecule has 1 aliphatic carbocycles. The lowest BCUT2D eigenvalue weighted by Gasteiger charge is -2.16. The van der Waals surface area contributed by atoms with E-state index in [9.17, 15) is 13.2 Å². The molecule has 2 heterocycles. The van der Waals surface area contributed by atoms with E-state index in [4.69, 9.17) is 9.72 Å². The number of hydrogen-bond donors (Lipinski definition) is 2. The number of hydrogen-bond acceptors (Lipinski definition) is 5. The Hall–Kier alpha value is -3.17. The Balaban J connectivity index is 1.37. The molecule has 1 amide bonds. The van der Waals surface area contributed by atoms with Gasteiger partial charge in [0.25, 0.3) is 5.91 Å². The first-order valence-electron chi connectivity index (χ1n) is 12.1. The molecule has 1 aromatic heterocycles. The lowest BCUT2D eigenvalue weighted by atomic mass is 10.1. The van der Waals surface area contributed by atoms with Crippen molar-refractivity contribution in [3.63, 3.8) is 0 Å². The molecule has 184 valence electrons. The van der Waals surface area contributed by atoms with Crippen LogP contribution < -0.4 is 14.8 Å². The number of nitrogens with zero attached hydrogens (tertiary/aromatic N) is 2. The van der Waals surface area contributed by atoms with Gasteiger partial charge in [0.05, 0.1) is 12.8 Å². The standard InChI is InChI=1S/C26H30N4O4S/c1-34-23-13-12-19(16-24(23)35(32,33)29-20-8-2-3-9-20)26(31)27-21-10-6-7-18(15-21)22-17-30-14-5-4-11-25(30)28-22/h6-7,10,12-13,15-17,20,29H,2-5,8-9,11,14H2,1H3,(H,27,31). The van der Waals surface area contributed by atoms with E-state index in [1.54, 1.807) is 12.1 Å². The summed E-state index contributed by atoms with van der Waals surface area (Å²) in [5, 5.41) is 2.89. The van der Waals surface area contributed by atoms with Crippen LogP contribution in [0.4, 0.5) is 5.69 Å². The number of carbonyl (C=O) groups is 1. The van der Waals surface area contributed by atoms with Gasteiger partial charge in [0.15, 0.2) is 0 Å². The highest BCUT2D eigenvalue weighted by atomic mass is 32.2. The molecule has 0 saturated heterocycles. The van der Waals surface area contributed by atoms with Crippen LogP contribution in [0.3, 0.4) is 0 Å². The first kappa shape index (κ1) is 23.6. The minimum Gasteiger partial charge on any atom is -0.495 e. The number of amides is 1. The minimum atomic E-state index is -3.83. The molecular formula is C26H30N4O4S. The molecule has 0 unspecified atom stereocenters. The van der Waals surface area contributed by atoms with Gasteiger partial charge in [-0.15, -0.1) is 0 Å². The van der Waals surface area contributed by atoms with Gasteiger partial charge in [0.2, 0.25) is 10.0 Å². The van der Waals surface area contributed by atoms with Crippen LogP contribution in [0, 0.1) is 0 Å². The maximum Gasteiger partial charge on any atom is 0.255 e. The Morgan fingerprint density at radius 2 is 1.91 bits per heavy atom. The predicted molar refractivity (Wildman–Crippen MR) is 134 cm³/mol. The molecule has 2 aliphatic rings. The van der Waals surface area contributed by atoms with Crippen molar-refractivity contribution in [2.75, 3.05) is 12.4 Å². The molecule has 3 aromatic rings. The Kier molecular flexibility index (Phi) is 6.62. The van der Waals surface area contributed by atoms with Crippen molar-refractivity contribution < 1.29 is 17.9 Å². The normalized spacial score (nSPS) is 16.1. The third-order valence-electron chi connectivity index (χ3n) is 6.72. The molecule has 1 fully saturated rings. The number of aromatic nitrogens is 2. The molecule has 0 atom stereocenters. The van der Waals surface area contributed by atoms with Crippen molar-refractivity contribution in [1.82, 2.24) is 14.3 Å². The zero-order chi connectivity index (χ0) is 24.4. The topological polar surface area (TPSA) is 102 Å². The molecule has 2 N–H and O–H groups in total. The zero-order valence-electron chi connectivity index (χ0n) is 19.8. The molecule has 9 heteroatoms. The number of rotatable bonds is 7. The van der Waals surface area contributed by atoms with E-state index >= 15 is 0 Å². The van der Waals surface area contributed by atoms with Crippen LogP contribution >= 0.6 is 0 Å². The smallest absolute Gasteiger partial charge is 0.255 e. The molecule has 35 heavy (non-hydrogen) atoms. The van der Waals surface area contributed by atoms with E-state index in [1.165, 1.54) is 19.2 Å². The number of sulfonamides is 1. The van der Waals surface area contributed by atoms with Gasteiger partial charge in [-0.05, 0) is 56.0 Å². The highest BCUT2D eigenvalue weighted by Gasteiger charge is 2.26. The van der Waals surface area contributed by atoms with E-state index in [2.05, 4.69) is 20.8 Å². The summed E-state index contributed by atoms with van der Waals surface area (Å²) in [6, 6.07) is 11.9. The number of nitrogens with one attached hydrogen (secondary N) is 2. The van der Waals surface area contributed by atoms with E-state index in [0.717, 1.165) is 68.6 Å². The largest absolute Gasteiger partial charge is 0.495 e. The highest BCUT2D eigenvalue weighted by molar-refractivity contribution is 7.89. The highest BCUT2D eigenvalue weighted by Crippen LogP contribution is 2.29. The molecule has 0 spiro atoms. The average molecular weight is 495 g/mol. The van der Waals surface area contributed by atoms with Crippen LogP contribution in [0.2, 0.25) is 0 Å². The molecule has 1 aliphatic heterocycles. The Labute approximate surface area is 205 Å². The van der Waals surface area contributed by atoms with Crippen LogP contribution in [0.25, 0.3) is 11.3 Å². The number of ether oxygens (including phenoxy) is 1. The lowest BCUT2D eigenvalue weighted by Crippen LogP contribution is -2.33. The van der Waals surface area contributed by atoms with Gasteiger partial charge in [0.1, 0.15) is 16.5 Å². The van der Waals surface area contributed by atoms with Gasteiger partial charge >= 0.3 is 0 Å². The summed E-state index contributed by atoms with van der Waals surface area (Å²) in [6.45, 7) is 0.983. The van der Waals surface area contributed by atoms with Crippen molar-refractivity contribution in [2.24, 2.45) is 0 Å². The summed E-state index contributed by atoms with van der Waals surface area (Å²) < 4.78 is 36.4. The van der Waals surface area contributed by atoms with Crippen molar-refractivity contribution in [2.45, 2.75) is 62.4 Å². The lowest BCUT2D eigenvalue weighted by molar-refractivity contribution is 0.102. The molecule has 1 saturated carbocycles. The van der Waals surface area contributed by atoms with E-state index in [1.807, 2.05) is 18.2 Å². The molecule has 2 aromatic carbocycles. The summed E-state index contributed by atoms with van der Waals surface area (Å²) >= 11 is 0. The minimum absolute atomic E-state index is 0.0307. The van der Waals surface area contributed by atoms with Crippen molar-refractivity contribution in [1.29, 1.82) is 0 Å². The van der Waals surface area contributed by atoms with Gasteiger partial charge in [-0.1, -0.05) is 25.0 Å². The van der Waals surface area contributed by atoms with Gasteiger partial charge in [-0.3, -0.25) is 4.79 Å². The first-order chi connectivity index (χ1) is 16.9. The predicted octanol–water partition coefficient (Wildman–Crippen LogP) is 4.37. The Morgan fingerprint density at radius 3 is 2.69 bits per heavy atom. The third kappa shape index (κ3) is 5.11. The van der Waals surface area contributed by atoms with Crippen LogP contribution in [0.1, 0.15) is 54.7 Å². The maximum absolute atomic E-state index is 13.1. The van der Waals surface area contributed by atoms with Gasteiger partial charge in [-0.25, -0.2) is 18.1 Å². The van der Waals surface area contributed by atoms with Gasteiger partial charge in [-0.2, -0.15) is 0 Å². The molecule has 8 nitrogen and oxygen atoms in total. The van der Waals surface area contributed by atoms with Crippen LogP contribution in [0.5, 0.6) is 5.75 Å². The molecule has 0 bridgehead atoms. The summed E-state index contributed by atoms with van der Waals surface area (Å²) in [4.78, 5) is 17.8. The number of carbonyl (C=O) groups excluding carboxylic acids is 1. The zero-order valence-corrected chi connectivity index (χ0v) is 20.6. The Morgan fingerprint density at radius 1 is 1.09 bits per heavy atom. The fourth-order valence-corrected chi connectivity index (χ4v) is 6.37. The number of methoxy groups -OCH3 is 1. The van der Waals surface area contributed by atoms with Crippen molar-refractivity contribution in [3.8, 4) is 17.0 Å². The first-order valence-corrected chi connectivity index (χ1v) is 13.6. The summed E-state index contributed by atoms with van der Waals surface area (Å²) in [5.41, 5.74) is 2.65. The van der Waals surface area contributed by atoms with Crippen molar-refractivity contribution in [3.05, 3.63) is 60.0 Å². The Bertz CT molecular complexity index is 1320. The summed E-state index contributed by atoms with van der Waals surface area (Å²) in [5.74, 6) is 0.905. The number of fused-ring (bicyclic) bond motifs is 1. The number of benzene rings is 2. The van der Waals surface area contributed by atoms with Crippen LogP contribution in [-0.2, 0) is 23.0 Å². The average Bonchev–Trinajstić information content (AvgIpc) is 3.53. The number of aryl methyl sites for hydroxylation is 2. The van der Waals surface area contributed by atoms with Gasteiger partial charge < -0.3 is 14.6 Å². The molecule has 5 rings (SSSR count). The second-order valence-electron chi connectivity index (χ2n) is 9.20. The maximum atomic E-state index is 13.1. The van der Waals surface area contributed by atoms with E-state index in [-0.39, 0.29) is 22.3 Å². The molecular weight excluding hydrogens is 464 g/mol. The molecule has 0 radical (unpaired) electrons. The van der Waals surface area contributed by atoms with Crippen molar-refractivity contribution >= 4 is 21.6 Å². The SMILES string of the molecule is COc1ccc(C(=O)Nc2cccc(-c3cn4c(n3)CCCC4)c2)cc1S(=O)(=O)NC1CCCC1. The number of anilines is 1. The number of imidazole rings is 1.